The lowest BCUT2D eigenvalue weighted by atomic mass is 9.79. The zero-order valence-electron chi connectivity index (χ0n) is 20.1. The maximum atomic E-state index is 14.2. The van der Waals surface area contributed by atoms with E-state index in [4.69, 9.17) is 4.18 Å². The van der Waals surface area contributed by atoms with Crippen LogP contribution in [-0.2, 0) is 19.1 Å². The topological polar surface area (TPSA) is 66.9 Å². The number of anilines is 1. The smallest absolute Gasteiger partial charge is 0.338 e. The number of nitrogens with zero attached hydrogens (tertiary/aromatic N) is 2. The Labute approximate surface area is 206 Å². The Bertz CT molecular complexity index is 1260. The summed E-state index contributed by atoms with van der Waals surface area (Å²) >= 11 is 0. The monoisotopic (exact) mass is 498 g/mol. The third kappa shape index (κ3) is 4.49. The summed E-state index contributed by atoms with van der Waals surface area (Å²) in [4.78, 5) is 17.3. The SMILES string of the molecule is Cc1ccc(S(=O)(=O)OC2=CC(=O)N(c3cccc(F)c3)[C@@]23CCN(CC2CCC2)[C@@H](C)C3)cc1. The second-order valence-corrected chi connectivity index (χ2v) is 11.7. The lowest BCUT2D eigenvalue weighted by Gasteiger charge is -2.49. The van der Waals surface area contributed by atoms with Gasteiger partial charge in [0.15, 0.2) is 5.76 Å². The van der Waals surface area contributed by atoms with E-state index in [1.54, 1.807) is 24.3 Å². The number of hydrogen-bond acceptors (Lipinski definition) is 5. The fourth-order valence-electron chi connectivity index (χ4n) is 5.57. The normalized spacial score (nSPS) is 25.6. The molecule has 3 aliphatic rings. The van der Waals surface area contributed by atoms with E-state index < -0.39 is 27.4 Å². The molecule has 5 rings (SSSR count). The van der Waals surface area contributed by atoms with Crippen LogP contribution in [0.3, 0.4) is 0 Å². The largest absolute Gasteiger partial charge is 0.381 e. The molecule has 1 saturated carbocycles. The number of carbonyl (C=O) groups is 1. The van der Waals surface area contributed by atoms with Crippen molar-refractivity contribution >= 4 is 21.7 Å². The van der Waals surface area contributed by atoms with Crippen LogP contribution in [0.2, 0.25) is 0 Å². The highest BCUT2D eigenvalue weighted by Crippen LogP contribution is 2.46. The fraction of sp³-hybridized carbons (Fsp3) is 0.444. The van der Waals surface area contributed by atoms with Gasteiger partial charge in [-0.2, -0.15) is 8.42 Å². The second-order valence-electron chi connectivity index (χ2n) is 10.1. The van der Waals surface area contributed by atoms with Crippen molar-refractivity contribution in [1.29, 1.82) is 0 Å². The van der Waals surface area contributed by atoms with Crippen molar-refractivity contribution < 1.29 is 21.8 Å². The first-order chi connectivity index (χ1) is 16.7. The molecular formula is C27H31FN2O4S. The third-order valence-corrected chi connectivity index (χ3v) is 8.97. The molecule has 0 radical (unpaired) electrons. The predicted molar refractivity (Wildman–Crippen MR) is 132 cm³/mol. The van der Waals surface area contributed by atoms with Crippen LogP contribution in [0.15, 0.2) is 65.3 Å². The maximum Gasteiger partial charge on any atom is 0.338 e. The van der Waals surface area contributed by atoms with E-state index >= 15 is 0 Å². The zero-order chi connectivity index (χ0) is 24.8. The Morgan fingerprint density at radius 2 is 1.89 bits per heavy atom. The summed E-state index contributed by atoms with van der Waals surface area (Å²) in [5.74, 6) is -0.0430. The number of likely N-dealkylation sites (tertiary alicyclic amines) is 1. The number of amides is 1. The van der Waals surface area contributed by atoms with Gasteiger partial charge in [0.25, 0.3) is 5.91 Å². The highest BCUT2D eigenvalue weighted by atomic mass is 32.2. The van der Waals surface area contributed by atoms with Crippen LogP contribution in [0.4, 0.5) is 10.1 Å². The number of rotatable bonds is 6. The summed E-state index contributed by atoms with van der Waals surface area (Å²) in [7, 11) is -4.15. The third-order valence-electron chi connectivity index (χ3n) is 7.72. The van der Waals surface area contributed by atoms with E-state index in [-0.39, 0.29) is 16.7 Å². The molecule has 35 heavy (non-hydrogen) atoms. The van der Waals surface area contributed by atoms with E-state index in [0.29, 0.717) is 31.0 Å². The Morgan fingerprint density at radius 1 is 1.14 bits per heavy atom. The van der Waals surface area contributed by atoms with Gasteiger partial charge in [0.05, 0.1) is 0 Å². The van der Waals surface area contributed by atoms with E-state index in [1.807, 2.05) is 6.92 Å². The molecule has 186 valence electrons. The molecule has 0 aromatic heterocycles. The van der Waals surface area contributed by atoms with Crippen molar-refractivity contribution in [3.8, 4) is 0 Å². The summed E-state index contributed by atoms with van der Waals surface area (Å²) < 4.78 is 46.3. The standard InChI is InChI=1S/C27H31FN2O4S/c1-19-9-11-24(12-10-19)35(32,33)34-25-16-26(31)30(23-8-4-7-22(28)15-23)27(25)13-14-29(20(2)17-27)18-21-5-3-6-21/h4,7-12,15-16,20-21H,3,5-6,13-14,17-18H2,1-2H3/t20-,27+/m0/s1. The first kappa shape index (κ1) is 24.0. The minimum atomic E-state index is -4.15. The van der Waals surface area contributed by atoms with Crippen LogP contribution < -0.4 is 4.90 Å². The molecule has 1 spiro atoms. The van der Waals surface area contributed by atoms with Gasteiger partial charge in [-0.15, -0.1) is 0 Å². The number of carbonyl (C=O) groups excluding carboxylic acids is 1. The molecule has 2 heterocycles. The average molecular weight is 499 g/mol. The van der Waals surface area contributed by atoms with Gasteiger partial charge in [-0.05, 0) is 75.8 Å². The van der Waals surface area contributed by atoms with E-state index in [2.05, 4.69) is 11.8 Å². The van der Waals surface area contributed by atoms with Gasteiger partial charge < -0.3 is 9.08 Å². The summed E-state index contributed by atoms with van der Waals surface area (Å²) in [5, 5.41) is 0. The molecule has 0 bridgehead atoms. The van der Waals surface area contributed by atoms with Crippen LogP contribution >= 0.6 is 0 Å². The highest BCUT2D eigenvalue weighted by Gasteiger charge is 2.54. The number of hydrogen-bond donors (Lipinski definition) is 0. The van der Waals surface area contributed by atoms with Crippen LogP contribution in [-0.4, -0.2) is 43.9 Å². The van der Waals surface area contributed by atoms with Crippen LogP contribution in [0, 0.1) is 18.7 Å². The number of piperidine rings is 1. The van der Waals surface area contributed by atoms with Crippen molar-refractivity contribution in [3.63, 3.8) is 0 Å². The Morgan fingerprint density at radius 3 is 2.51 bits per heavy atom. The lowest BCUT2D eigenvalue weighted by Crippen LogP contribution is -2.59. The summed E-state index contributed by atoms with van der Waals surface area (Å²) in [6, 6.07) is 12.4. The minimum absolute atomic E-state index is 0.0336. The average Bonchev–Trinajstić information content (AvgIpc) is 3.02. The van der Waals surface area contributed by atoms with Crippen molar-refractivity contribution in [2.75, 3.05) is 18.0 Å². The van der Waals surface area contributed by atoms with Crippen LogP contribution in [0.5, 0.6) is 0 Å². The molecule has 1 amide bonds. The molecule has 2 aromatic carbocycles. The molecule has 1 saturated heterocycles. The lowest BCUT2D eigenvalue weighted by molar-refractivity contribution is -0.114. The summed E-state index contributed by atoms with van der Waals surface area (Å²) in [6.07, 6.45) is 6.02. The Balaban J connectivity index is 1.50. The predicted octanol–water partition coefficient (Wildman–Crippen LogP) is 4.79. The van der Waals surface area contributed by atoms with E-state index in [1.165, 1.54) is 54.5 Å². The number of aryl methyl sites for hydroxylation is 1. The minimum Gasteiger partial charge on any atom is -0.381 e. The van der Waals surface area contributed by atoms with Gasteiger partial charge in [-0.25, -0.2) is 4.39 Å². The van der Waals surface area contributed by atoms with Gasteiger partial charge in [0, 0.05) is 30.9 Å². The van der Waals surface area contributed by atoms with Crippen molar-refractivity contribution in [3.05, 3.63) is 71.7 Å². The molecule has 1 aliphatic carbocycles. The fourth-order valence-corrected chi connectivity index (χ4v) is 6.57. The first-order valence-electron chi connectivity index (χ1n) is 12.3. The van der Waals surface area contributed by atoms with Crippen molar-refractivity contribution in [2.24, 2.45) is 5.92 Å². The zero-order valence-corrected chi connectivity index (χ0v) is 20.9. The molecule has 8 heteroatoms. The summed E-state index contributed by atoms with van der Waals surface area (Å²) in [6.45, 7) is 5.69. The van der Waals surface area contributed by atoms with E-state index in [9.17, 15) is 17.6 Å². The van der Waals surface area contributed by atoms with Gasteiger partial charge in [0.2, 0.25) is 0 Å². The molecule has 2 aliphatic heterocycles. The summed E-state index contributed by atoms with van der Waals surface area (Å²) in [5.41, 5.74) is 0.330. The van der Waals surface area contributed by atoms with Gasteiger partial charge in [-0.1, -0.05) is 30.2 Å². The van der Waals surface area contributed by atoms with Gasteiger partial charge in [0.1, 0.15) is 16.3 Å². The molecular weight excluding hydrogens is 467 g/mol. The Hall–Kier alpha value is -2.71. The maximum absolute atomic E-state index is 14.2. The number of benzene rings is 2. The molecule has 0 unspecified atom stereocenters. The molecule has 2 atom stereocenters. The number of halogens is 1. The van der Waals surface area contributed by atoms with Crippen molar-refractivity contribution in [1.82, 2.24) is 4.90 Å². The van der Waals surface area contributed by atoms with Crippen LogP contribution in [0.25, 0.3) is 0 Å². The highest BCUT2D eigenvalue weighted by molar-refractivity contribution is 7.86. The second kappa shape index (κ2) is 9.06. The van der Waals surface area contributed by atoms with Crippen LogP contribution in [0.1, 0.15) is 44.6 Å². The van der Waals surface area contributed by atoms with Gasteiger partial charge >= 0.3 is 10.1 Å². The molecule has 2 fully saturated rings. The van der Waals surface area contributed by atoms with Crippen molar-refractivity contribution in [2.45, 2.75) is 62.4 Å². The van der Waals surface area contributed by atoms with Gasteiger partial charge in [-0.3, -0.25) is 9.69 Å². The first-order valence-corrected chi connectivity index (χ1v) is 13.7. The molecule has 2 aromatic rings. The molecule has 6 nitrogen and oxygen atoms in total. The molecule has 0 N–H and O–H groups in total. The van der Waals surface area contributed by atoms with E-state index in [0.717, 1.165) is 12.1 Å². The Kier molecular flexibility index (Phi) is 6.21. The quantitative estimate of drug-likeness (QED) is 0.536.